The molecular weight excluding hydrogens is 107 g/mol. The minimum absolute atomic E-state index is 0.370. The fourth-order valence-electron chi connectivity index (χ4n) is 0.437. The average molecular weight is 110 g/mol. The molecule has 1 aliphatic rings. The number of hydrogen-bond acceptors (Lipinski definition) is 3. The maximum atomic E-state index is 10.3. The smallest absolute Gasteiger partial charge is 0.338 e. The molecule has 40 valence electrons. The van der Waals surface area contributed by atoms with E-state index in [0.717, 1.165) is 0 Å². The molecule has 0 bridgehead atoms. The van der Waals surface area contributed by atoms with E-state index in [1.165, 1.54) is 13.9 Å². The second kappa shape index (κ2) is 1.47. The zero-order chi connectivity index (χ0) is 6.15. The van der Waals surface area contributed by atoms with Crippen LogP contribution < -0.4 is 0 Å². The summed E-state index contributed by atoms with van der Waals surface area (Å²) in [5.41, 5.74) is 0.370. The highest BCUT2D eigenvalue weighted by molar-refractivity contribution is 6.39. The fraction of sp³-hybridized carbons (Fsp3) is 0. The molecule has 4 heteroatoms. The van der Waals surface area contributed by atoms with Crippen LogP contribution in [-0.4, -0.2) is 19.8 Å². The number of cyclic esters (lactones) is 2. The molecule has 0 unspecified atom stereocenters. The first-order chi connectivity index (χ1) is 3.70. The first-order valence-corrected chi connectivity index (χ1v) is 2.14. The van der Waals surface area contributed by atoms with Crippen molar-refractivity contribution in [2.45, 2.75) is 0 Å². The zero-order valence-electron chi connectivity index (χ0n) is 4.30. The molecule has 3 nitrogen and oxygen atoms in total. The first-order valence-electron chi connectivity index (χ1n) is 2.14. The summed E-state index contributed by atoms with van der Waals surface area (Å²) in [6, 6.07) is 0. The van der Waals surface area contributed by atoms with Gasteiger partial charge in [-0.2, -0.15) is 0 Å². The van der Waals surface area contributed by atoms with Crippen molar-refractivity contribution < 1.29 is 14.3 Å². The Morgan fingerprint density at radius 2 is 2.12 bits per heavy atom. The summed E-state index contributed by atoms with van der Waals surface area (Å²) >= 11 is 0. The van der Waals surface area contributed by atoms with Gasteiger partial charge in [0.05, 0.1) is 0 Å². The van der Waals surface area contributed by atoms with Crippen LogP contribution in [0, 0.1) is 0 Å². The monoisotopic (exact) mass is 110 g/mol. The van der Waals surface area contributed by atoms with Crippen molar-refractivity contribution in [2.24, 2.45) is 0 Å². The molecule has 0 amide bonds. The molecule has 0 radical (unpaired) electrons. The van der Waals surface area contributed by atoms with Gasteiger partial charge in [-0.05, 0) is 0 Å². The average Bonchev–Trinajstić information content (AvgIpc) is 1.85. The molecule has 0 atom stereocenters. The molecule has 0 N–H and O–H groups in total. The topological polar surface area (TPSA) is 43.4 Å². The molecule has 0 saturated carbocycles. The van der Waals surface area contributed by atoms with Crippen LogP contribution in [-0.2, 0) is 14.3 Å². The fourth-order valence-corrected chi connectivity index (χ4v) is 0.437. The van der Waals surface area contributed by atoms with Crippen molar-refractivity contribution in [3.63, 3.8) is 0 Å². The van der Waals surface area contributed by atoms with Gasteiger partial charge < -0.3 is 4.74 Å². The van der Waals surface area contributed by atoms with E-state index in [4.69, 9.17) is 0 Å². The van der Waals surface area contributed by atoms with E-state index >= 15 is 0 Å². The molecule has 1 heterocycles. The SMILES string of the molecule is BC1=CC(=O)OC1=O. The van der Waals surface area contributed by atoms with Gasteiger partial charge in [-0.1, -0.05) is 0 Å². The predicted molar refractivity (Wildman–Crippen MR) is 27.7 cm³/mol. The summed E-state index contributed by atoms with van der Waals surface area (Å²) in [5.74, 6) is -1.09. The van der Waals surface area contributed by atoms with Crippen LogP contribution in [0.1, 0.15) is 0 Å². The lowest BCUT2D eigenvalue weighted by Gasteiger charge is -1.83. The lowest BCUT2D eigenvalue weighted by molar-refractivity contribution is -0.150. The number of rotatable bonds is 0. The molecule has 1 aliphatic heterocycles. The lowest BCUT2D eigenvalue weighted by atomic mass is 9.97. The van der Waals surface area contributed by atoms with E-state index in [-0.39, 0.29) is 0 Å². The summed E-state index contributed by atoms with van der Waals surface area (Å²) in [4.78, 5) is 20.4. The maximum absolute atomic E-state index is 10.3. The quantitative estimate of drug-likeness (QED) is 0.218. The lowest BCUT2D eigenvalue weighted by Crippen LogP contribution is -2.00. The third kappa shape index (κ3) is 0.642. The molecule has 0 fully saturated rings. The summed E-state index contributed by atoms with van der Waals surface area (Å²) in [6.07, 6.45) is 1.17. The van der Waals surface area contributed by atoms with Crippen molar-refractivity contribution >= 4 is 19.8 Å². The van der Waals surface area contributed by atoms with Crippen LogP contribution in [0.15, 0.2) is 11.5 Å². The molecule has 0 aromatic carbocycles. The maximum Gasteiger partial charge on any atom is 0.338 e. The number of esters is 2. The van der Waals surface area contributed by atoms with Crippen LogP contribution in [0.4, 0.5) is 0 Å². The molecule has 0 saturated heterocycles. The van der Waals surface area contributed by atoms with Crippen molar-refractivity contribution in [1.82, 2.24) is 0 Å². The van der Waals surface area contributed by atoms with Gasteiger partial charge in [0.15, 0.2) is 0 Å². The van der Waals surface area contributed by atoms with E-state index in [0.29, 0.717) is 5.47 Å². The summed E-state index contributed by atoms with van der Waals surface area (Å²) in [7, 11) is 1.53. The molecule has 1 rings (SSSR count). The van der Waals surface area contributed by atoms with Crippen molar-refractivity contribution in [1.29, 1.82) is 0 Å². The van der Waals surface area contributed by atoms with E-state index in [2.05, 4.69) is 4.74 Å². The first kappa shape index (κ1) is 5.09. The number of carbonyl (C=O) groups is 2. The van der Waals surface area contributed by atoms with Gasteiger partial charge >= 0.3 is 11.9 Å². The van der Waals surface area contributed by atoms with Crippen molar-refractivity contribution in [3.8, 4) is 0 Å². The minimum Gasteiger partial charge on any atom is -0.387 e. The van der Waals surface area contributed by atoms with Crippen LogP contribution in [0.25, 0.3) is 0 Å². The Balaban J connectivity index is 2.88. The Bertz CT molecular complexity index is 182. The Morgan fingerprint density at radius 3 is 2.25 bits per heavy atom. The zero-order valence-corrected chi connectivity index (χ0v) is 4.30. The highest BCUT2D eigenvalue weighted by Crippen LogP contribution is 2.01. The van der Waals surface area contributed by atoms with E-state index in [1.54, 1.807) is 0 Å². The standard InChI is InChI=1S/C4H3BO3/c5-2-1-3(6)8-4(2)7/h1H,5H2. The van der Waals surface area contributed by atoms with Crippen molar-refractivity contribution in [2.75, 3.05) is 0 Å². The third-order valence-electron chi connectivity index (χ3n) is 0.850. The van der Waals surface area contributed by atoms with Gasteiger partial charge in [0.25, 0.3) is 0 Å². The van der Waals surface area contributed by atoms with Crippen LogP contribution in [0.2, 0.25) is 0 Å². The molecule has 0 aromatic heterocycles. The van der Waals surface area contributed by atoms with Crippen molar-refractivity contribution in [3.05, 3.63) is 11.5 Å². The van der Waals surface area contributed by atoms with E-state index < -0.39 is 11.9 Å². The van der Waals surface area contributed by atoms with Gasteiger partial charge in [-0.3, -0.25) is 0 Å². The number of carbonyl (C=O) groups excluding carboxylic acids is 2. The molecular formula is C4H3BO3. The Labute approximate surface area is 46.7 Å². The number of ether oxygens (including phenoxy) is 1. The summed E-state index contributed by atoms with van der Waals surface area (Å²) in [5, 5.41) is 0. The molecule has 0 spiro atoms. The van der Waals surface area contributed by atoms with Crippen LogP contribution in [0.3, 0.4) is 0 Å². The highest BCUT2D eigenvalue weighted by atomic mass is 16.6. The second-order valence-corrected chi connectivity index (χ2v) is 1.54. The largest absolute Gasteiger partial charge is 0.387 e. The van der Waals surface area contributed by atoms with Gasteiger partial charge in [0.1, 0.15) is 7.85 Å². The van der Waals surface area contributed by atoms with Crippen LogP contribution >= 0.6 is 0 Å². The second-order valence-electron chi connectivity index (χ2n) is 1.54. The Morgan fingerprint density at radius 1 is 1.50 bits per heavy atom. The summed E-state index contributed by atoms with van der Waals surface area (Å²) in [6.45, 7) is 0. The minimum atomic E-state index is -0.562. The predicted octanol–water partition coefficient (Wildman–Crippen LogP) is -1.41. The van der Waals surface area contributed by atoms with Crippen LogP contribution in [0.5, 0.6) is 0 Å². The molecule has 0 aliphatic carbocycles. The van der Waals surface area contributed by atoms with Gasteiger partial charge in [0, 0.05) is 11.5 Å². The van der Waals surface area contributed by atoms with E-state index in [1.807, 2.05) is 0 Å². The van der Waals surface area contributed by atoms with E-state index in [9.17, 15) is 9.59 Å². The molecule has 8 heavy (non-hydrogen) atoms. The Hall–Kier alpha value is -1.06. The normalized spacial score (nSPS) is 18.2. The van der Waals surface area contributed by atoms with Gasteiger partial charge in [-0.25, -0.2) is 9.59 Å². The number of hydrogen-bond donors (Lipinski definition) is 0. The highest BCUT2D eigenvalue weighted by Gasteiger charge is 2.18. The van der Waals surface area contributed by atoms with Gasteiger partial charge in [-0.15, -0.1) is 0 Å². The van der Waals surface area contributed by atoms with Gasteiger partial charge in [0.2, 0.25) is 0 Å². The third-order valence-corrected chi connectivity index (χ3v) is 0.850. The Kier molecular flexibility index (Phi) is 0.935. The molecule has 0 aromatic rings. The summed E-state index contributed by atoms with van der Waals surface area (Å²) < 4.78 is 4.10.